The van der Waals surface area contributed by atoms with Crippen molar-refractivity contribution in [1.29, 1.82) is 0 Å². The molecule has 6 nitrogen and oxygen atoms in total. The Morgan fingerprint density at radius 2 is 1.89 bits per heavy atom. The van der Waals surface area contributed by atoms with Crippen LogP contribution in [0.5, 0.6) is 5.75 Å². The molecule has 0 radical (unpaired) electrons. The lowest BCUT2D eigenvalue weighted by Crippen LogP contribution is -2.34. The van der Waals surface area contributed by atoms with Crippen LogP contribution in [0.15, 0.2) is 48.5 Å². The zero-order valence-electron chi connectivity index (χ0n) is 16.2. The average Bonchev–Trinajstić information content (AvgIpc) is 2.67. The largest absolute Gasteiger partial charge is 0.484 e. The highest BCUT2D eigenvalue weighted by Gasteiger charge is 2.21. The number of amides is 1. The fourth-order valence-corrected chi connectivity index (χ4v) is 4.58. The molecule has 2 aromatic rings. The molecule has 0 spiro atoms. The van der Waals surface area contributed by atoms with Crippen LogP contribution in [0.3, 0.4) is 0 Å². The maximum atomic E-state index is 12.3. The van der Waals surface area contributed by atoms with Crippen molar-refractivity contribution in [2.24, 2.45) is 0 Å². The topological polar surface area (TPSA) is 75.7 Å². The number of carbonyl (C=O) groups excluding carboxylic acids is 1. The molecule has 150 valence electrons. The Kier molecular flexibility index (Phi) is 6.24. The van der Waals surface area contributed by atoms with Crippen LogP contribution in [-0.4, -0.2) is 33.7 Å². The van der Waals surface area contributed by atoms with Crippen LogP contribution in [0.1, 0.15) is 36.9 Å². The predicted octanol–water partition coefficient (Wildman–Crippen LogP) is 3.05. The second-order valence-corrected chi connectivity index (χ2v) is 8.83. The summed E-state index contributed by atoms with van der Waals surface area (Å²) < 4.78 is 30.4. The third-order valence-electron chi connectivity index (χ3n) is 4.89. The molecule has 0 bridgehead atoms. The Bertz CT molecular complexity index is 926. The molecule has 0 aliphatic heterocycles. The molecule has 0 saturated carbocycles. The van der Waals surface area contributed by atoms with Gasteiger partial charge in [-0.25, -0.2) is 8.42 Å². The average molecular weight is 403 g/mol. The molecular weight excluding hydrogens is 376 g/mol. The summed E-state index contributed by atoms with van der Waals surface area (Å²) >= 11 is 0. The number of aryl methyl sites for hydroxylation is 1. The van der Waals surface area contributed by atoms with Crippen LogP contribution in [0.25, 0.3) is 0 Å². The highest BCUT2D eigenvalue weighted by Crippen LogP contribution is 2.29. The molecule has 1 N–H and O–H groups in total. The summed E-state index contributed by atoms with van der Waals surface area (Å²) in [6, 6.07) is 14.9. The molecule has 1 atom stereocenters. The van der Waals surface area contributed by atoms with Gasteiger partial charge in [-0.2, -0.15) is 0 Å². The van der Waals surface area contributed by atoms with Crippen molar-refractivity contribution in [2.45, 2.75) is 32.2 Å². The number of hydrogen-bond donors (Lipinski definition) is 1. The lowest BCUT2D eigenvalue weighted by Gasteiger charge is -2.26. The molecule has 0 saturated heterocycles. The molecule has 0 aromatic heterocycles. The fourth-order valence-electron chi connectivity index (χ4n) is 3.61. The number of benzene rings is 2. The van der Waals surface area contributed by atoms with Gasteiger partial charge in [-0.05, 0) is 61.6 Å². The van der Waals surface area contributed by atoms with E-state index in [1.54, 1.807) is 31.2 Å². The first-order valence-electron chi connectivity index (χ1n) is 9.46. The minimum absolute atomic E-state index is 0.0244. The number of fused-ring (bicyclic) bond motifs is 1. The molecule has 3 rings (SSSR count). The molecule has 28 heavy (non-hydrogen) atoms. The number of carbonyl (C=O) groups is 1. The number of ether oxygens (including phenoxy) is 1. The Labute approximate surface area is 166 Å². The summed E-state index contributed by atoms with van der Waals surface area (Å²) in [6.45, 7) is 2.05. The van der Waals surface area contributed by atoms with Gasteiger partial charge in [0.2, 0.25) is 10.0 Å². The number of anilines is 1. The third kappa shape index (κ3) is 4.84. The minimum atomic E-state index is -3.32. The predicted molar refractivity (Wildman–Crippen MR) is 110 cm³/mol. The Balaban J connectivity index is 1.57. The van der Waals surface area contributed by atoms with Crippen molar-refractivity contribution >= 4 is 21.6 Å². The number of hydrogen-bond acceptors (Lipinski definition) is 4. The lowest BCUT2D eigenvalue weighted by molar-refractivity contribution is -0.123. The van der Waals surface area contributed by atoms with E-state index in [2.05, 4.69) is 17.4 Å². The van der Waals surface area contributed by atoms with Gasteiger partial charge >= 0.3 is 0 Å². The highest BCUT2D eigenvalue weighted by atomic mass is 32.2. The maximum absolute atomic E-state index is 12.3. The first-order valence-corrected chi connectivity index (χ1v) is 11.3. The van der Waals surface area contributed by atoms with Gasteiger partial charge in [-0.1, -0.05) is 24.3 Å². The molecule has 2 aromatic carbocycles. The van der Waals surface area contributed by atoms with E-state index in [1.165, 1.54) is 21.7 Å². The smallest absolute Gasteiger partial charge is 0.258 e. The van der Waals surface area contributed by atoms with Crippen LogP contribution in [-0.2, 0) is 21.2 Å². The summed E-state index contributed by atoms with van der Waals surface area (Å²) in [5.41, 5.74) is 3.05. The van der Waals surface area contributed by atoms with Crippen LogP contribution >= 0.6 is 0 Å². The zero-order valence-corrected chi connectivity index (χ0v) is 17.0. The molecule has 1 aliphatic carbocycles. The van der Waals surface area contributed by atoms with Crippen molar-refractivity contribution < 1.29 is 17.9 Å². The van der Waals surface area contributed by atoms with Crippen molar-refractivity contribution in [1.82, 2.24) is 5.32 Å². The Morgan fingerprint density at radius 3 is 2.57 bits per heavy atom. The molecule has 1 amide bonds. The molecule has 1 aliphatic rings. The number of nitrogens with zero attached hydrogens (tertiary/aromatic N) is 1. The van der Waals surface area contributed by atoms with Gasteiger partial charge in [-0.15, -0.1) is 0 Å². The quantitative estimate of drug-likeness (QED) is 0.772. The van der Waals surface area contributed by atoms with E-state index in [0.717, 1.165) is 19.3 Å². The molecule has 7 heteroatoms. The Morgan fingerprint density at radius 1 is 1.18 bits per heavy atom. The summed E-state index contributed by atoms with van der Waals surface area (Å²) in [4.78, 5) is 12.3. The molecule has 0 fully saturated rings. The van der Waals surface area contributed by atoms with Crippen LogP contribution in [0, 0.1) is 0 Å². The van der Waals surface area contributed by atoms with Gasteiger partial charge in [0.05, 0.1) is 18.0 Å². The third-order valence-corrected chi connectivity index (χ3v) is 6.16. The lowest BCUT2D eigenvalue weighted by atomic mass is 9.88. The van der Waals surface area contributed by atoms with E-state index in [1.807, 2.05) is 12.1 Å². The fraction of sp³-hybridized carbons (Fsp3) is 0.381. The van der Waals surface area contributed by atoms with Gasteiger partial charge < -0.3 is 10.1 Å². The molecular formula is C21H26N2O4S. The van der Waals surface area contributed by atoms with Gasteiger partial charge in [-0.3, -0.25) is 9.10 Å². The van der Waals surface area contributed by atoms with E-state index < -0.39 is 10.0 Å². The standard InChI is InChI=1S/C21H26N2O4S/c1-3-23(28(2,25)26)17-11-13-18(14-12-17)27-15-21(24)22-20-10-6-8-16-7-4-5-9-19(16)20/h4-5,7,9,11-14,20H,3,6,8,10,15H2,1-2H3,(H,22,24)/t20-/m0/s1. The van der Waals surface area contributed by atoms with E-state index in [9.17, 15) is 13.2 Å². The summed E-state index contributed by atoms with van der Waals surface area (Å²) in [5, 5.41) is 3.05. The van der Waals surface area contributed by atoms with Gasteiger partial charge in [0.1, 0.15) is 5.75 Å². The number of sulfonamides is 1. The van der Waals surface area contributed by atoms with E-state index in [0.29, 0.717) is 18.0 Å². The summed E-state index contributed by atoms with van der Waals surface area (Å²) in [5.74, 6) is 0.351. The van der Waals surface area contributed by atoms with E-state index >= 15 is 0 Å². The zero-order chi connectivity index (χ0) is 20.1. The van der Waals surface area contributed by atoms with Crippen LogP contribution < -0.4 is 14.4 Å². The summed E-state index contributed by atoms with van der Waals surface area (Å²) in [6.07, 6.45) is 4.21. The summed E-state index contributed by atoms with van der Waals surface area (Å²) in [7, 11) is -3.32. The number of nitrogens with one attached hydrogen (secondary N) is 1. The van der Waals surface area contributed by atoms with Crippen molar-refractivity contribution in [3.8, 4) is 5.75 Å². The van der Waals surface area contributed by atoms with Crippen molar-refractivity contribution in [2.75, 3.05) is 23.7 Å². The van der Waals surface area contributed by atoms with Crippen molar-refractivity contribution in [3.05, 3.63) is 59.7 Å². The molecule has 0 unspecified atom stereocenters. The van der Waals surface area contributed by atoms with Gasteiger partial charge in [0, 0.05) is 6.54 Å². The van der Waals surface area contributed by atoms with Crippen LogP contribution in [0.2, 0.25) is 0 Å². The molecule has 0 heterocycles. The Hall–Kier alpha value is -2.54. The normalized spacial score (nSPS) is 16.1. The second-order valence-electron chi connectivity index (χ2n) is 6.92. The van der Waals surface area contributed by atoms with Crippen molar-refractivity contribution in [3.63, 3.8) is 0 Å². The SMILES string of the molecule is CCN(c1ccc(OCC(=O)N[C@H]2CCCc3ccccc32)cc1)S(C)(=O)=O. The van der Waals surface area contributed by atoms with E-state index in [-0.39, 0.29) is 18.6 Å². The minimum Gasteiger partial charge on any atom is -0.484 e. The maximum Gasteiger partial charge on any atom is 0.258 e. The number of rotatable bonds is 7. The highest BCUT2D eigenvalue weighted by molar-refractivity contribution is 7.92. The first-order chi connectivity index (χ1) is 13.4. The monoisotopic (exact) mass is 402 g/mol. The van der Waals surface area contributed by atoms with Crippen LogP contribution in [0.4, 0.5) is 5.69 Å². The van der Waals surface area contributed by atoms with Gasteiger partial charge in [0.15, 0.2) is 6.61 Å². The van der Waals surface area contributed by atoms with E-state index in [4.69, 9.17) is 4.74 Å². The van der Waals surface area contributed by atoms with Gasteiger partial charge in [0.25, 0.3) is 5.91 Å². The first kappa shape index (κ1) is 20.2. The second kappa shape index (κ2) is 8.65.